The van der Waals surface area contributed by atoms with Crippen molar-refractivity contribution in [3.05, 3.63) is 45.7 Å². The second-order valence-corrected chi connectivity index (χ2v) is 10.7. The molecule has 2 aromatic rings. The van der Waals surface area contributed by atoms with Crippen LogP contribution in [0.3, 0.4) is 0 Å². The van der Waals surface area contributed by atoms with Crippen molar-refractivity contribution in [2.45, 2.75) is 63.2 Å². The molecule has 1 N–H and O–H groups in total. The number of amides is 1. The molecule has 0 spiro atoms. The summed E-state index contributed by atoms with van der Waals surface area (Å²) in [6, 6.07) is 8.27. The number of hydrazine groups is 1. The van der Waals surface area contributed by atoms with Crippen LogP contribution in [-0.2, 0) is 0 Å². The highest BCUT2D eigenvalue weighted by Crippen LogP contribution is 2.57. The molecule has 7 rings (SSSR count). The number of carbonyl (C=O) groups excluding carboxylic acids is 1. The molecule has 1 aromatic heterocycles. The van der Waals surface area contributed by atoms with Crippen LogP contribution in [0.2, 0.25) is 0 Å². The molecule has 6 heteroatoms. The third kappa shape index (κ3) is 3.14. The zero-order chi connectivity index (χ0) is 20.2. The fourth-order valence-electron chi connectivity index (χ4n) is 6.73. The quantitative estimate of drug-likeness (QED) is 0.676. The van der Waals surface area contributed by atoms with Crippen LogP contribution >= 0.6 is 15.9 Å². The van der Waals surface area contributed by atoms with Crippen molar-refractivity contribution >= 4 is 21.8 Å². The first-order valence-corrected chi connectivity index (χ1v) is 12.4. The molecule has 2 heterocycles. The Bertz CT molecular complexity index is 966. The van der Waals surface area contributed by atoms with E-state index >= 15 is 0 Å². The Balaban J connectivity index is 1.47. The van der Waals surface area contributed by atoms with Gasteiger partial charge in [-0.1, -0.05) is 18.6 Å². The maximum atomic E-state index is 13.5. The van der Waals surface area contributed by atoms with E-state index in [1.54, 1.807) is 0 Å². The monoisotopic (exact) mass is 468 g/mol. The molecule has 4 bridgehead atoms. The Labute approximate surface area is 186 Å². The van der Waals surface area contributed by atoms with E-state index in [1.807, 2.05) is 6.07 Å². The number of para-hydroxylation sites is 1. The van der Waals surface area contributed by atoms with Crippen molar-refractivity contribution in [2.24, 2.45) is 11.8 Å². The lowest BCUT2D eigenvalue weighted by Crippen LogP contribution is -2.45. The van der Waals surface area contributed by atoms with E-state index in [0.29, 0.717) is 17.5 Å². The minimum absolute atomic E-state index is 0.0137. The highest BCUT2D eigenvalue weighted by Gasteiger charge is 2.46. The lowest BCUT2D eigenvalue weighted by atomic mass is 9.67. The topological polar surface area (TPSA) is 50.2 Å². The molecule has 30 heavy (non-hydrogen) atoms. The van der Waals surface area contributed by atoms with Gasteiger partial charge >= 0.3 is 0 Å². The molecular formula is C24H29BrN4O. The Hall–Kier alpha value is -1.66. The molecule has 0 radical (unpaired) electrons. The first-order chi connectivity index (χ1) is 14.7. The van der Waals surface area contributed by atoms with Gasteiger partial charge in [-0.3, -0.25) is 10.2 Å². The van der Waals surface area contributed by atoms with Crippen LogP contribution in [0.1, 0.15) is 84.9 Å². The SMILES string of the molecule is O=C(NN1CCCCC1)c1nn(-c2ccccc2Br)c2c1C1CC3CC(C1)CC2C3. The number of hydrogen-bond acceptors (Lipinski definition) is 3. The van der Waals surface area contributed by atoms with Crippen molar-refractivity contribution < 1.29 is 4.79 Å². The van der Waals surface area contributed by atoms with Gasteiger partial charge < -0.3 is 0 Å². The Morgan fingerprint density at radius 2 is 1.67 bits per heavy atom. The molecule has 1 saturated heterocycles. The van der Waals surface area contributed by atoms with Gasteiger partial charge in [-0.25, -0.2) is 9.69 Å². The maximum absolute atomic E-state index is 13.5. The summed E-state index contributed by atoms with van der Waals surface area (Å²) in [7, 11) is 0. The van der Waals surface area contributed by atoms with Crippen LogP contribution < -0.4 is 5.43 Å². The van der Waals surface area contributed by atoms with Crippen LogP contribution in [0.5, 0.6) is 0 Å². The summed E-state index contributed by atoms with van der Waals surface area (Å²) in [5, 5.41) is 7.09. The molecule has 1 aliphatic heterocycles. The summed E-state index contributed by atoms with van der Waals surface area (Å²) >= 11 is 3.73. The lowest BCUT2D eigenvalue weighted by molar-refractivity contribution is 0.0741. The van der Waals surface area contributed by atoms with Gasteiger partial charge in [0.15, 0.2) is 5.69 Å². The van der Waals surface area contributed by atoms with E-state index < -0.39 is 0 Å². The van der Waals surface area contributed by atoms with Gasteiger partial charge in [0.05, 0.1) is 11.4 Å². The molecule has 2 saturated carbocycles. The summed E-state index contributed by atoms with van der Waals surface area (Å²) in [5.41, 5.74) is 7.49. The van der Waals surface area contributed by atoms with E-state index in [2.05, 4.69) is 49.2 Å². The van der Waals surface area contributed by atoms with Crippen LogP contribution in [0.4, 0.5) is 0 Å². The molecule has 1 aromatic carbocycles. The van der Waals surface area contributed by atoms with Crippen molar-refractivity contribution in [1.29, 1.82) is 0 Å². The highest BCUT2D eigenvalue weighted by atomic mass is 79.9. The van der Waals surface area contributed by atoms with E-state index in [4.69, 9.17) is 5.10 Å². The van der Waals surface area contributed by atoms with Crippen molar-refractivity contribution in [1.82, 2.24) is 20.2 Å². The van der Waals surface area contributed by atoms with Gasteiger partial charge in [0.1, 0.15) is 0 Å². The van der Waals surface area contributed by atoms with Gasteiger partial charge in [0.2, 0.25) is 0 Å². The Morgan fingerprint density at radius 1 is 0.967 bits per heavy atom. The first kappa shape index (κ1) is 19.1. The first-order valence-electron chi connectivity index (χ1n) is 11.6. The number of aromatic nitrogens is 2. The molecular weight excluding hydrogens is 440 g/mol. The van der Waals surface area contributed by atoms with Gasteiger partial charge in [-0.15, -0.1) is 0 Å². The average Bonchev–Trinajstić information content (AvgIpc) is 3.06. The second kappa shape index (κ2) is 7.49. The van der Waals surface area contributed by atoms with E-state index in [-0.39, 0.29) is 5.91 Å². The van der Waals surface area contributed by atoms with E-state index in [0.717, 1.165) is 47.9 Å². The summed E-state index contributed by atoms with van der Waals surface area (Å²) < 4.78 is 3.14. The molecule has 3 fully saturated rings. The number of nitrogens with zero attached hydrogens (tertiary/aromatic N) is 3. The van der Waals surface area contributed by atoms with Gasteiger partial charge in [-0.05, 0) is 90.8 Å². The Morgan fingerprint density at radius 3 is 2.40 bits per heavy atom. The zero-order valence-corrected chi connectivity index (χ0v) is 18.9. The third-order valence-electron chi connectivity index (χ3n) is 7.80. The molecule has 158 valence electrons. The molecule has 1 amide bonds. The molecule has 2 unspecified atom stereocenters. The largest absolute Gasteiger partial charge is 0.286 e. The summed E-state index contributed by atoms with van der Waals surface area (Å²) in [5.74, 6) is 2.61. The fraction of sp³-hybridized carbons (Fsp3) is 0.583. The van der Waals surface area contributed by atoms with Crippen LogP contribution in [0.25, 0.3) is 5.69 Å². The lowest BCUT2D eigenvalue weighted by Gasteiger charge is -2.38. The van der Waals surface area contributed by atoms with E-state index in [1.165, 1.54) is 49.8 Å². The Kier molecular flexibility index (Phi) is 4.75. The highest BCUT2D eigenvalue weighted by molar-refractivity contribution is 9.10. The predicted molar refractivity (Wildman–Crippen MR) is 120 cm³/mol. The smallest absolute Gasteiger partial charge is 0.283 e. The predicted octanol–water partition coefficient (Wildman–Crippen LogP) is 5.16. The van der Waals surface area contributed by atoms with Crippen molar-refractivity contribution in [3.8, 4) is 5.69 Å². The van der Waals surface area contributed by atoms with Crippen LogP contribution in [0, 0.1) is 11.8 Å². The number of nitrogens with one attached hydrogen (secondary N) is 1. The molecule has 4 aliphatic carbocycles. The molecule has 5 aliphatic rings. The van der Waals surface area contributed by atoms with Gasteiger partial charge in [0, 0.05) is 29.0 Å². The van der Waals surface area contributed by atoms with E-state index in [9.17, 15) is 4.79 Å². The average molecular weight is 469 g/mol. The summed E-state index contributed by atoms with van der Waals surface area (Å²) in [6.45, 7) is 1.88. The molecule has 5 nitrogen and oxygen atoms in total. The number of hydrogen-bond donors (Lipinski definition) is 1. The number of piperidine rings is 1. The standard InChI is InChI=1S/C24H29BrN4O/c25-19-6-2-3-7-20(19)29-23-18-13-15-10-16(14-18)12-17(11-15)21(23)22(26-29)24(30)27-28-8-4-1-5-9-28/h2-3,6-7,15-18H,1,4-5,8-14H2,(H,27,30). The van der Waals surface area contributed by atoms with Gasteiger partial charge in [0.25, 0.3) is 5.91 Å². The van der Waals surface area contributed by atoms with Crippen molar-refractivity contribution in [3.63, 3.8) is 0 Å². The zero-order valence-electron chi connectivity index (χ0n) is 17.3. The minimum atomic E-state index is -0.0137. The number of halogens is 1. The summed E-state index contributed by atoms with van der Waals surface area (Å²) in [6.07, 6.45) is 9.90. The van der Waals surface area contributed by atoms with Crippen molar-refractivity contribution in [2.75, 3.05) is 13.1 Å². The third-order valence-corrected chi connectivity index (χ3v) is 8.47. The number of carbonyl (C=O) groups is 1. The number of rotatable bonds is 3. The van der Waals surface area contributed by atoms with Crippen LogP contribution in [-0.4, -0.2) is 33.8 Å². The number of benzene rings is 1. The second-order valence-electron chi connectivity index (χ2n) is 9.80. The fourth-order valence-corrected chi connectivity index (χ4v) is 7.18. The summed E-state index contributed by atoms with van der Waals surface area (Å²) in [4.78, 5) is 13.5. The maximum Gasteiger partial charge on any atom is 0.286 e. The minimum Gasteiger partial charge on any atom is -0.283 e. The normalized spacial score (nSPS) is 30.2. The molecule has 2 atom stereocenters. The van der Waals surface area contributed by atoms with Crippen LogP contribution in [0.15, 0.2) is 28.7 Å². The van der Waals surface area contributed by atoms with Gasteiger partial charge in [-0.2, -0.15) is 5.10 Å².